The summed E-state index contributed by atoms with van der Waals surface area (Å²) in [5, 5.41) is 6.07. The summed E-state index contributed by atoms with van der Waals surface area (Å²) in [5.74, 6) is 0. The first kappa shape index (κ1) is 5.35. The van der Waals surface area contributed by atoms with Gasteiger partial charge in [0.15, 0.2) is 0 Å². The number of halogens is 1. The van der Waals surface area contributed by atoms with Gasteiger partial charge in [-0.1, -0.05) is 0 Å². The lowest BCUT2D eigenvalue weighted by Crippen LogP contribution is -2.39. The number of hydrogen-bond acceptors (Lipinski definition) is 2. The van der Waals surface area contributed by atoms with Gasteiger partial charge in [0.2, 0.25) is 0 Å². The summed E-state index contributed by atoms with van der Waals surface area (Å²) < 4.78 is 7.10. The lowest BCUT2D eigenvalue weighted by Gasteiger charge is -2.11. The number of rotatable bonds is 0. The second kappa shape index (κ2) is 4.37. The van der Waals surface area contributed by atoms with E-state index in [2.05, 4.69) is 10.6 Å². The van der Waals surface area contributed by atoms with Crippen LogP contribution >= 0.6 is 12.4 Å². The largest absolute Gasteiger partial charge is 0.314 e. The quantitative estimate of drug-likeness (QED) is 0.458. The topological polar surface area (TPSA) is 24.1 Å². The van der Waals surface area contributed by atoms with Crippen LogP contribution in [0.3, 0.4) is 0 Å². The van der Waals surface area contributed by atoms with Crippen molar-refractivity contribution in [3.63, 3.8) is 0 Å². The van der Waals surface area contributed by atoms with Crippen LogP contribution in [0.25, 0.3) is 0 Å². The van der Waals surface area contributed by atoms with E-state index < -0.39 is 0 Å². The molecule has 1 unspecified atom stereocenters. The van der Waals surface area contributed by atoms with Crippen molar-refractivity contribution < 1.29 is 1.37 Å². The fourth-order valence-electron chi connectivity index (χ4n) is 0.509. The van der Waals surface area contributed by atoms with E-state index in [9.17, 15) is 0 Å². The van der Waals surface area contributed by atoms with Crippen LogP contribution in [0, 0.1) is 0 Å². The van der Waals surface area contributed by atoms with Gasteiger partial charge in [0, 0.05) is 27.5 Å². The molecular formula is C4H11ClN2. The molecule has 1 rings (SSSR count). The van der Waals surface area contributed by atoms with Crippen LogP contribution in [-0.2, 0) is 0 Å². The van der Waals surface area contributed by atoms with E-state index in [4.69, 9.17) is 1.37 Å². The third-order valence-corrected chi connectivity index (χ3v) is 0.837. The van der Waals surface area contributed by atoms with Crippen molar-refractivity contribution in [2.75, 3.05) is 26.2 Å². The second-order valence-electron chi connectivity index (χ2n) is 1.36. The van der Waals surface area contributed by atoms with Crippen LogP contribution in [0.2, 0.25) is 0 Å². The monoisotopic (exact) mass is 123 g/mol. The Morgan fingerprint density at radius 2 is 1.86 bits per heavy atom. The molecule has 0 spiro atoms. The molecule has 1 fully saturated rings. The zero-order valence-electron chi connectivity index (χ0n) is 5.11. The lowest BCUT2D eigenvalue weighted by molar-refractivity contribution is 0.534. The van der Waals surface area contributed by atoms with Crippen LogP contribution in [0.15, 0.2) is 0 Å². The minimum Gasteiger partial charge on any atom is -0.314 e. The summed E-state index contributed by atoms with van der Waals surface area (Å²) in [5.41, 5.74) is 0. The normalized spacial score (nSPS) is 33.1. The lowest BCUT2D eigenvalue weighted by atomic mass is 10.4. The minimum absolute atomic E-state index is 0. The van der Waals surface area contributed by atoms with Crippen LogP contribution in [-0.4, -0.2) is 26.2 Å². The molecule has 0 radical (unpaired) electrons. The van der Waals surface area contributed by atoms with E-state index in [1.807, 2.05) is 0 Å². The minimum atomic E-state index is -0.0752. The van der Waals surface area contributed by atoms with Crippen LogP contribution in [0.1, 0.15) is 1.37 Å². The molecule has 3 heteroatoms. The highest BCUT2D eigenvalue weighted by molar-refractivity contribution is 5.85. The Hall–Kier alpha value is 0.210. The van der Waals surface area contributed by atoms with E-state index in [1.54, 1.807) is 0 Å². The molecule has 1 saturated heterocycles. The zero-order chi connectivity index (χ0) is 5.11. The Labute approximate surface area is 51.5 Å². The number of hydrogen-bond donors (Lipinski definition) is 2. The smallest absolute Gasteiger partial charge is 0.0441 e. The van der Waals surface area contributed by atoms with E-state index in [-0.39, 0.29) is 18.9 Å². The van der Waals surface area contributed by atoms with E-state index in [0.29, 0.717) is 0 Å². The summed E-state index contributed by atoms with van der Waals surface area (Å²) in [6.45, 7) is 2.66. The first-order chi connectivity index (χ1) is 3.39. The third-order valence-electron chi connectivity index (χ3n) is 0.837. The van der Waals surface area contributed by atoms with Gasteiger partial charge in [-0.2, -0.15) is 0 Å². The fourth-order valence-corrected chi connectivity index (χ4v) is 0.509. The predicted molar refractivity (Wildman–Crippen MR) is 33.0 cm³/mol. The maximum Gasteiger partial charge on any atom is 0.0441 e. The van der Waals surface area contributed by atoms with Crippen LogP contribution in [0.5, 0.6) is 0 Å². The average molecular weight is 124 g/mol. The summed E-state index contributed by atoms with van der Waals surface area (Å²) in [4.78, 5) is 0. The summed E-state index contributed by atoms with van der Waals surface area (Å²) in [6, 6.07) is 0. The average Bonchev–Trinajstić information content (AvgIpc) is 1.69. The standard InChI is InChI=1S/C4H10N2.ClH/c1-2-6-4-3-5-1;/h5-6H,1-4H2;1H/i1D;. The number of nitrogens with one attached hydrogen (secondary N) is 2. The molecule has 7 heavy (non-hydrogen) atoms. The summed E-state index contributed by atoms with van der Waals surface area (Å²) in [6.07, 6.45) is 0. The van der Waals surface area contributed by atoms with Gasteiger partial charge in [-0.25, -0.2) is 0 Å². The highest BCUT2D eigenvalue weighted by atomic mass is 35.5. The zero-order valence-corrected chi connectivity index (χ0v) is 4.92. The Kier molecular flexibility index (Phi) is 3.34. The van der Waals surface area contributed by atoms with Gasteiger partial charge in [-0.05, 0) is 0 Å². The van der Waals surface area contributed by atoms with E-state index in [1.165, 1.54) is 0 Å². The maximum absolute atomic E-state index is 7.10. The van der Waals surface area contributed by atoms with E-state index in [0.717, 1.165) is 19.6 Å². The van der Waals surface area contributed by atoms with Gasteiger partial charge < -0.3 is 10.6 Å². The maximum atomic E-state index is 7.10. The Morgan fingerprint density at radius 3 is 2.14 bits per heavy atom. The summed E-state index contributed by atoms with van der Waals surface area (Å²) in [7, 11) is 0. The SMILES string of the molecule is Cl.[2H]C1CNCCN1. The molecule has 0 aromatic carbocycles. The highest BCUT2D eigenvalue weighted by Gasteiger charge is 1.91. The molecule has 0 saturated carbocycles. The van der Waals surface area contributed by atoms with Gasteiger partial charge >= 0.3 is 0 Å². The molecule has 1 atom stereocenters. The van der Waals surface area contributed by atoms with Crippen molar-refractivity contribution in [3.05, 3.63) is 0 Å². The van der Waals surface area contributed by atoms with Gasteiger partial charge in [0.25, 0.3) is 0 Å². The molecule has 2 nitrogen and oxygen atoms in total. The molecule has 1 aliphatic heterocycles. The fraction of sp³-hybridized carbons (Fsp3) is 1.00. The molecule has 44 valence electrons. The Morgan fingerprint density at radius 1 is 1.14 bits per heavy atom. The third kappa shape index (κ3) is 2.85. The molecular weight excluding hydrogens is 112 g/mol. The molecule has 1 heterocycles. The first-order valence-corrected chi connectivity index (χ1v) is 2.26. The van der Waals surface area contributed by atoms with Crippen molar-refractivity contribution >= 4 is 12.4 Å². The van der Waals surface area contributed by atoms with Crippen LogP contribution < -0.4 is 10.6 Å². The highest BCUT2D eigenvalue weighted by Crippen LogP contribution is 1.65. The van der Waals surface area contributed by atoms with Gasteiger partial charge in [0.05, 0.1) is 0 Å². The predicted octanol–water partition coefficient (Wildman–Crippen LogP) is -0.399. The molecule has 0 bridgehead atoms. The van der Waals surface area contributed by atoms with Gasteiger partial charge in [-0.3, -0.25) is 0 Å². The van der Waals surface area contributed by atoms with Crippen LogP contribution in [0.4, 0.5) is 0 Å². The van der Waals surface area contributed by atoms with Crippen molar-refractivity contribution in [2.45, 2.75) is 0 Å². The number of piperazine rings is 1. The second-order valence-corrected chi connectivity index (χ2v) is 1.36. The molecule has 0 amide bonds. The molecule has 0 aromatic heterocycles. The van der Waals surface area contributed by atoms with Gasteiger partial charge in [0.1, 0.15) is 0 Å². The van der Waals surface area contributed by atoms with Crippen molar-refractivity contribution in [1.82, 2.24) is 10.6 Å². The molecule has 2 N–H and O–H groups in total. The summed E-state index contributed by atoms with van der Waals surface area (Å²) >= 11 is 0. The van der Waals surface area contributed by atoms with Gasteiger partial charge in [-0.15, -0.1) is 12.4 Å². The Bertz CT molecular complexity index is 56.0. The van der Waals surface area contributed by atoms with E-state index >= 15 is 0 Å². The molecule has 1 aliphatic rings. The van der Waals surface area contributed by atoms with Crippen molar-refractivity contribution in [3.8, 4) is 0 Å². The van der Waals surface area contributed by atoms with Crippen molar-refractivity contribution in [2.24, 2.45) is 0 Å². The first-order valence-electron chi connectivity index (χ1n) is 2.83. The molecule has 0 aliphatic carbocycles. The molecule has 0 aromatic rings. The Balaban J connectivity index is 0.000000490. The van der Waals surface area contributed by atoms with Crippen molar-refractivity contribution in [1.29, 1.82) is 0 Å².